The highest BCUT2D eigenvalue weighted by molar-refractivity contribution is 7.98. The second kappa shape index (κ2) is 5.34. The number of nitrogens with zero attached hydrogens (tertiary/aromatic N) is 2. The molecule has 0 atom stereocenters. The Morgan fingerprint density at radius 1 is 0.952 bits per heavy atom. The number of hydrogen-bond acceptors (Lipinski definition) is 3. The lowest BCUT2D eigenvalue weighted by Gasteiger charge is -2.07. The van der Waals surface area contributed by atoms with Gasteiger partial charge in [-0.15, -0.1) is 0 Å². The molecule has 0 amide bonds. The molecule has 0 fully saturated rings. The Morgan fingerprint density at radius 3 is 2.67 bits per heavy atom. The van der Waals surface area contributed by atoms with Crippen molar-refractivity contribution in [1.29, 1.82) is 0 Å². The molecule has 0 N–H and O–H groups in total. The summed E-state index contributed by atoms with van der Waals surface area (Å²) >= 11 is 1.91. The average Bonchev–Trinajstić information content (AvgIpc) is 3.00. The molecule has 3 aromatic rings. The van der Waals surface area contributed by atoms with Gasteiger partial charge in [-0.05, 0) is 11.6 Å². The Labute approximate surface area is 127 Å². The summed E-state index contributed by atoms with van der Waals surface area (Å²) in [5.41, 5.74) is 5.74. The van der Waals surface area contributed by atoms with Crippen LogP contribution in [0.15, 0.2) is 59.6 Å². The molecule has 0 saturated heterocycles. The van der Waals surface area contributed by atoms with Gasteiger partial charge in [-0.2, -0.15) is 11.8 Å². The second-order valence-electron chi connectivity index (χ2n) is 5.06. The summed E-state index contributed by atoms with van der Waals surface area (Å²) in [7, 11) is 0. The van der Waals surface area contributed by atoms with Crippen LogP contribution in [0.25, 0.3) is 10.9 Å². The van der Waals surface area contributed by atoms with E-state index in [-0.39, 0.29) is 0 Å². The Bertz CT molecular complexity index is 825. The van der Waals surface area contributed by atoms with Gasteiger partial charge in [0.2, 0.25) is 0 Å². The minimum Gasteiger partial charge on any atom is -0.255 e. The number of hydrogen-bond donors (Lipinski definition) is 0. The zero-order valence-corrected chi connectivity index (χ0v) is 12.3. The van der Waals surface area contributed by atoms with E-state index in [0.29, 0.717) is 0 Å². The molecule has 0 aliphatic carbocycles. The Balaban J connectivity index is 1.89. The van der Waals surface area contributed by atoms with E-state index in [2.05, 4.69) is 30.3 Å². The molecule has 0 bridgehead atoms. The van der Waals surface area contributed by atoms with Crippen molar-refractivity contribution in [2.24, 2.45) is 4.99 Å². The quantitative estimate of drug-likeness (QED) is 0.637. The second-order valence-corrected chi connectivity index (χ2v) is 6.05. The number of benzene rings is 2. The van der Waals surface area contributed by atoms with Gasteiger partial charge < -0.3 is 0 Å². The van der Waals surface area contributed by atoms with Crippen molar-refractivity contribution in [3.8, 4) is 0 Å². The van der Waals surface area contributed by atoms with E-state index in [1.165, 1.54) is 11.3 Å². The van der Waals surface area contributed by atoms with Crippen LogP contribution in [0.4, 0.5) is 5.69 Å². The maximum Gasteiger partial charge on any atom is 0.0782 e. The molecule has 2 aromatic carbocycles. The number of thioether (sulfide) groups is 1. The van der Waals surface area contributed by atoms with E-state index in [9.17, 15) is 0 Å². The third-order valence-electron chi connectivity index (χ3n) is 3.68. The van der Waals surface area contributed by atoms with E-state index in [1.807, 2.05) is 42.2 Å². The fourth-order valence-corrected chi connectivity index (χ4v) is 3.67. The summed E-state index contributed by atoms with van der Waals surface area (Å²) in [6.45, 7) is 0. The average molecular weight is 290 g/mol. The van der Waals surface area contributed by atoms with Crippen molar-refractivity contribution in [3.05, 3.63) is 71.4 Å². The Hall–Kier alpha value is -2.13. The lowest BCUT2D eigenvalue weighted by atomic mass is 10.1. The van der Waals surface area contributed by atoms with Gasteiger partial charge in [0.05, 0.1) is 16.9 Å². The molecular weight excluding hydrogens is 276 g/mol. The van der Waals surface area contributed by atoms with Gasteiger partial charge in [0.1, 0.15) is 0 Å². The van der Waals surface area contributed by atoms with Crippen LogP contribution in [0.3, 0.4) is 0 Å². The highest BCUT2D eigenvalue weighted by Crippen LogP contribution is 2.39. The summed E-state index contributed by atoms with van der Waals surface area (Å²) in [5.74, 6) is 2.00. The molecule has 2 heterocycles. The van der Waals surface area contributed by atoms with Crippen molar-refractivity contribution in [3.63, 3.8) is 0 Å². The molecule has 21 heavy (non-hydrogen) atoms. The number of aromatic nitrogens is 1. The van der Waals surface area contributed by atoms with E-state index in [1.54, 1.807) is 0 Å². The summed E-state index contributed by atoms with van der Waals surface area (Å²) in [6.07, 6.45) is 1.95. The number of para-hydroxylation sites is 1. The predicted molar refractivity (Wildman–Crippen MR) is 90.4 cm³/mol. The molecule has 0 spiro atoms. The monoisotopic (exact) mass is 290 g/mol. The molecule has 2 nitrogen and oxygen atoms in total. The molecule has 4 rings (SSSR count). The molecule has 1 aliphatic heterocycles. The van der Waals surface area contributed by atoms with Gasteiger partial charge in [0.25, 0.3) is 0 Å². The highest BCUT2D eigenvalue weighted by atomic mass is 32.2. The Morgan fingerprint density at radius 2 is 1.76 bits per heavy atom. The minimum absolute atomic E-state index is 0.994. The number of fused-ring (bicyclic) bond motifs is 2. The van der Waals surface area contributed by atoms with Crippen molar-refractivity contribution >= 4 is 34.6 Å². The van der Waals surface area contributed by atoms with Gasteiger partial charge in [-0.3, -0.25) is 9.98 Å². The zero-order valence-electron chi connectivity index (χ0n) is 11.5. The summed E-state index contributed by atoms with van der Waals surface area (Å²) in [6, 6.07) is 18.5. The number of aliphatic imine (C=N–C) groups is 1. The fourth-order valence-electron chi connectivity index (χ4n) is 2.63. The van der Waals surface area contributed by atoms with Crippen LogP contribution in [0.5, 0.6) is 0 Å². The largest absolute Gasteiger partial charge is 0.255 e. The number of pyridine rings is 1. The third kappa shape index (κ3) is 2.34. The molecule has 1 aromatic heterocycles. The van der Waals surface area contributed by atoms with Crippen LogP contribution in [0.1, 0.15) is 16.8 Å². The fraction of sp³-hybridized carbons (Fsp3) is 0.111. The molecule has 0 radical (unpaired) electrons. The van der Waals surface area contributed by atoms with Crippen molar-refractivity contribution in [1.82, 2.24) is 4.98 Å². The summed E-state index contributed by atoms with van der Waals surface area (Å²) in [5, 5.41) is 1.14. The highest BCUT2D eigenvalue weighted by Gasteiger charge is 2.19. The van der Waals surface area contributed by atoms with Crippen molar-refractivity contribution in [2.45, 2.75) is 11.5 Å². The van der Waals surface area contributed by atoms with Crippen molar-refractivity contribution in [2.75, 3.05) is 0 Å². The van der Waals surface area contributed by atoms with E-state index >= 15 is 0 Å². The third-order valence-corrected chi connectivity index (χ3v) is 4.65. The van der Waals surface area contributed by atoms with Crippen LogP contribution in [-0.2, 0) is 11.5 Å². The van der Waals surface area contributed by atoms with Crippen molar-refractivity contribution < 1.29 is 0 Å². The van der Waals surface area contributed by atoms with Crippen LogP contribution >= 0.6 is 11.8 Å². The van der Waals surface area contributed by atoms with Crippen LogP contribution in [-0.4, -0.2) is 11.2 Å². The molecule has 3 heteroatoms. The Kier molecular flexibility index (Phi) is 3.20. The van der Waals surface area contributed by atoms with Gasteiger partial charge in [0, 0.05) is 28.7 Å². The maximum absolute atomic E-state index is 4.80. The molecule has 0 saturated carbocycles. The van der Waals surface area contributed by atoms with E-state index in [4.69, 9.17) is 9.98 Å². The first kappa shape index (κ1) is 12.6. The molecular formula is C18H14N2S. The van der Waals surface area contributed by atoms with E-state index in [0.717, 1.165) is 33.7 Å². The first-order valence-electron chi connectivity index (χ1n) is 6.99. The standard InChI is InChI=1S/C18H14N2S/c1-2-6-13(7-3-1)10-19-18-14-8-4-5-9-16(14)20-17-12-21-11-15(17)18/h1-10H,11-12H2/b19-10+. The smallest absolute Gasteiger partial charge is 0.0782 e. The van der Waals surface area contributed by atoms with Gasteiger partial charge in [0.15, 0.2) is 0 Å². The number of rotatable bonds is 2. The first-order chi connectivity index (χ1) is 10.4. The topological polar surface area (TPSA) is 25.2 Å². The van der Waals surface area contributed by atoms with Gasteiger partial charge in [-0.1, -0.05) is 48.5 Å². The van der Waals surface area contributed by atoms with Crippen LogP contribution in [0, 0.1) is 0 Å². The predicted octanol–water partition coefficient (Wildman–Crippen LogP) is 4.73. The van der Waals surface area contributed by atoms with Crippen LogP contribution in [0.2, 0.25) is 0 Å². The summed E-state index contributed by atoms with van der Waals surface area (Å²) in [4.78, 5) is 9.57. The molecule has 0 unspecified atom stereocenters. The van der Waals surface area contributed by atoms with Crippen LogP contribution < -0.4 is 0 Å². The lowest BCUT2D eigenvalue weighted by Crippen LogP contribution is -1.91. The maximum atomic E-state index is 4.80. The lowest BCUT2D eigenvalue weighted by molar-refractivity contribution is 1.19. The molecule has 1 aliphatic rings. The molecule has 102 valence electrons. The zero-order chi connectivity index (χ0) is 14.1. The van der Waals surface area contributed by atoms with Gasteiger partial charge in [-0.25, -0.2) is 0 Å². The summed E-state index contributed by atoms with van der Waals surface area (Å²) < 4.78 is 0. The van der Waals surface area contributed by atoms with E-state index < -0.39 is 0 Å². The minimum atomic E-state index is 0.994. The van der Waals surface area contributed by atoms with Gasteiger partial charge >= 0.3 is 0 Å². The SMILES string of the molecule is C(=N\c1c2c(nc3ccccc13)CSC2)/c1ccccc1. The first-order valence-corrected chi connectivity index (χ1v) is 8.14. The normalized spacial score (nSPS) is 13.9.